The summed E-state index contributed by atoms with van der Waals surface area (Å²) in [6.07, 6.45) is 3.41. The van der Waals surface area contributed by atoms with E-state index in [2.05, 4.69) is 15.5 Å². The van der Waals surface area contributed by atoms with E-state index in [-0.39, 0.29) is 52.8 Å². The van der Waals surface area contributed by atoms with E-state index < -0.39 is 40.7 Å². The SMILES string of the molecule is COc1cc(OC)c2c(c1Cl)OC1(C2=O)C(O)=C(C(CC(=O)NCc2nnc3ccccn23)c2ccc(SC)cc2)C(=O)CC1C. The van der Waals surface area contributed by atoms with Crippen LogP contribution in [0, 0.1) is 5.92 Å². The molecule has 3 heterocycles. The van der Waals surface area contributed by atoms with Crippen LogP contribution in [-0.4, -0.2) is 63.3 Å². The molecule has 0 bridgehead atoms. The second-order valence-corrected chi connectivity index (χ2v) is 12.4. The molecule has 238 valence electrons. The second-order valence-electron chi connectivity index (χ2n) is 11.1. The summed E-state index contributed by atoms with van der Waals surface area (Å²) in [6.45, 7) is 1.74. The van der Waals surface area contributed by atoms with Crippen LogP contribution in [0.4, 0.5) is 0 Å². The largest absolute Gasteiger partial charge is 0.507 e. The first-order valence-corrected chi connectivity index (χ1v) is 16.1. The van der Waals surface area contributed by atoms with Crippen LogP contribution < -0.4 is 19.5 Å². The number of aliphatic hydroxyl groups excluding tert-OH is 1. The average molecular weight is 663 g/mol. The minimum atomic E-state index is -1.97. The number of thioether (sulfide) groups is 1. The quantitative estimate of drug-likeness (QED) is 0.225. The van der Waals surface area contributed by atoms with Crippen molar-refractivity contribution in [3.63, 3.8) is 0 Å². The number of hydrogen-bond donors (Lipinski definition) is 2. The summed E-state index contributed by atoms with van der Waals surface area (Å²) in [7, 11) is 2.81. The number of Topliss-reactive ketones (excluding diaryl/α,β-unsaturated/α-hetero) is 2. The average Bonchev–Trinajstić information content (AvgIpc) is 3.62. The summed E-state index contributed by atoms with van der Waals surface area (Å²) < 4.78 is 18.9. The molecule has 11 nitrogen and oxygen atoms in total. The lowest BCUT2D eigenvalue weighted by Crippen LogP contribution is -2.53. The fraction of sp³-hybridized carbons (Fsp3) is 0.303. The van der Waals surface area contributed by atoms with Crippen molar-refractivity contribution in [3.05, 3.63) is 88.0 Å². The Hall–Kier alpha value is -4.55. The van der Waals surface area contributed by atoms with E-state index in [4.69, 9.17) is 25.8 Å². The summed E-state index contributed by atoms with van der Waals surface area (Å²) in [5.41, 5.74) is -0.748. The van der Waals surface area contributed by atoms with Crippen molar-refractivity contribution in [2.24, 2.45) is 5.92 Å². The number of benzene rings is 2. The Labute approximate surface area is 273 Å². The molecule has 0 saturated heterocycles. The Morgan fingerprint density at radius 3 is 2.61 bits per heavy atom. The summed E-state index contributed by atoms with van der Waals surface area (Å²) in [5.74, 6) is -2.73. The molecule has 1 aliphatic carbocycles. The molecule has 2 N–H and O–H groups in total. The molecule has 3 unspecified atom stereocenters. The fourth-order valence-electron chi connectivity index (χ4n) is 6.21. The number of halogens is 1. The number of carbonyl (C=O) groups excluding carboxylic acids is 3. The Morgan fingerprint density at radius 1 is 1.17 bits per heavy atom. The normalized spacial score (nSPS) is 19.7. The number of fused-ring (bicyclic) bond motifs is 2. The van der Waals surface area contributed by atoms with Crippen molar-refractivity contribution in [1.82, 2.24) is 19.9 Å². The van der Waals surface area contributed by atoms with E-state index in [9.17, 15) is 19.5 Å². The maximum Gasteiger partial charge on any atom is 0.231 e. The summed E-state index contributed by atoms with van der Waals surface area (Å²) >= 11 is 8.13. The van der Waals surface area contributed by atoms with Gasteiger partial charge in [0.25, 0.3) is 0 Å². The number of aliphatic hydroxyl groups is 1. The standard InChI is InChI=1S/C33H31ClN4O7S/c1-17-13-21(39)27(31(41)33(17)32(42)28-22(43-2)15-23(44-3)29(34)30(28)45-33)20(18-8-10-19(46-4)11-9-18)14-26(40)35-16-25-37-36-24-7-5-6-12-38(24)25/h5-12,15,17,20,41H,13-14,16H2,1-4H3,(H,35,40). The zero-order chi connectivity index (χ0) is 32.7. The van der Waals surface area contributed by atoms with Crippen LogP contribution in [0.3, 0.4) is 0 Å². The molecule has 2 aromatic heterocycles. The van der Waals surface area contributed by atoms with Crippen LogP contribution in [-0.2, 0) is 16.1 Å². The number of carbonyl (C=O) groups is 3. The summed E-state index contributed by atoms with van der Waals surface area (Å²) in [6, 6.07) is 14.3. The monoisotopic (exact) mass is 662 g/mol. The van der Waals surface area contributed by atoms with Gasteiger partial charge in [0.15, 0.2) is 28.8 Å². The lowest BCUT2D eigenvalue weighted by molar-refractivity contribution is -0.122. The number of allylic oxidation sites excluding steroid dienone is 1. The van der Waals surface area contributed by atoms with E-state index in [1.165, 1.54) is 20.3 Å². The molecular formula is C33H31ClN4O7S. The third-order valence-electron chi connectivity index (χ3n) is 8.60. The molecule has 0 radical (unpaired) electrons. The fourth-order valence-corrected chi connectivity index (χ4v) is 6.88. The van der Waals surface area contributed by atoms with Gasteiger partial charge < -0.3 is 24.6 Å². The molecule has 3 atom stereocenters. The van der Waals surface area contributed by atoms with E-state index in [1.807, 2.05) is 42.7 Å². The van der Waals surface area contributed by atoms with Gasteiger partial charge in [-0.15, -0.1) is 22.0 Å². The molecule has 1 amide bonds. The third kappa shape index (κ3) is 5.05. The van der Waals surface area contributed by atoms with Gasteiger partial charge in [-0.2, -0.15) is 0 Å². The van der Waals surface area contributed by atoms with Crippen LogP contribution in [0.2, 0.25) is 5.02 Å². The number of amides is 1. The zero-order valence-electron chi connectivity index (χ0n) is 25.5. The smallest absolute Gasteiger partial charge is 0.231 e. The molecule has 13 heteroatoms. The second kappa shape index (κ2) is 12.3. The van der Waals surface area contributed by atoms with Crippen LogP contribution in [0.25, 0.3) is 5.65 Å². The number of ether oxygens (including phenoxy) is 3. The van der Waals surface area contributed by atoms with Crippen molar-refractivity contribution in [2.75, 3.05) is 20.5 Å². The highest BCUT2D eigenvalue weighted by molar-refractivity contribution is 7.98. The van der Waals surface area contributed by atoms with Gasteiger partial charge in [-0.05, 0) is 36.1 Å². The zero-order valence-corrected chi connectivity index (χ0v) is 27.1. The van der Waals surface area contributed by atoms with Crippen molar-refractivity contribution >= 4 is 46.5 Å². The molecule has 4 aromatic rings. The van der Waals surface area contributed by atoms with Gasteiger partial charge in [0.05, 0.1) is 20.8 Å². The van der Waals surface area contributed by atoms with Crippen LogP contribution >= 0.6 is 23.4 Å². The molecule has 1 aliphatic heterocycles. The topological polar surface area (TPSA) is 141 Å². The Kier molecular flexibility index (Phi) is 8.43. The van der Waals surface area contributed by atoms with E-state index in [0.717, 1.165) is 4.90 Å². The Balaban J connectivity index is 1.41. The lowest BCUT2D eigenvalue weighted by Gasteiger charge is -2.38. The number of methoxy groups -OCH3 is 2. The van der Waals surface area contributed by atoms with Gasteiger partial charge in [-0.1, -0.05) is 36.7 Å². The van der Waals surface area contributed by atoms with E-state index in [1.54, 1.807) is 35.3 Å². The molecule has 2 aromatic carbocycles. The first kappa shape index (κ1) is 31.4. The van der Waals surface area contributed by atoms with Crippen LogP contribution in [0.5, 0.6) is 17.2 Å². The van der Waals surface area contributed by atoms with E-state index >= 15 is 0 Å². The first-order chi connectivity index (χ1) is 22.1. The molecule has 0 fully saturated rings. The lowest BCUT2D eigenvalue weighted by atomic mass is 9.69. The van der Waals surface area contributed by atoms with Crippen molar-refractivity contribution < 1.29 is 33.7 Å². The van der Waals surface area contributed by atoms with Crippen molar-refractivity contribution in [2.45, 2.75) is 42.7 Å². The highest BCUT2D eigenvalue weighted by Gasteiger charge is 2.61. The molecule has 0 saturated carbocycles. The Morgan fingerprint density at radius 2 is 1.91 bits per heavy atom. The molecular weight excluding hydrogens is 632 g/mol. The van der Waals surface area contributed by atoms with Crippen molar-refractivity contribution in [1.29, 1.82) is 0 Å². The minimum Gasteiger partial charge on any atom is -0.507 e. The summed E-state index contributed by atoms with van der Waals surface area (Å²) in [4.78, 5) is 42.6. The van der Waals surface area contributed by atoms with Gasteiger partial charge in [-0.25, -0.2) is 0 Å². The summed E-state index contributed by atoms with van der Waals surface area (Å²) in [5, 5.41) is 23.3. The third-order valence-corrected chi connectivity index (χ3v) is 9.70. The van der Waals surface area contributed by atoms with Crippen LogP contribution in [0.15, 0.2) is 71.0 Å². The van der Waals surface area contributed by atoms with Gasteiger partial charge in [0.1, 0.15) is 22.1 Å². The number of nitrogens with one attached hydrogen (secondary N) is 1. The maximum atomic E-state index is 14.3. The molecule has 2 aliphatic rings. The maximum absolute atomic E-state index is 14.3. The van der Waals surface area contributed by atoms with Gasteiger partial charge >= 0.3 is 0 Å². The number of rotatable bonds is 9. The van der Waals surface area contributed by atoms with Crippen molar-refractivity contribution in [3.8, 4) is 17.2 Å². The predicted molar refractivity (Wildman–Crippen MR) is 171 cm³/mol. The molecule has 6 rings (SSSR count). The Bertz CT molecular complexity index is 1910. The first-order valence-electron chi connectivity index (χ1n) is 14.5. The van der Waals surface area contributed by atoms with E-state index in [0.29, 0.717) is 17.0 Å². The van der Waals surface area contributed by atoms with Crippen LogP contribution in [0.1, 0.15) is 47.4 Å². The highest BCUT2D eigenvalue weighted by atomic mass is 35.5. The van der Waals surface area contributed by atoms with Gasteiger partial charge in [0, 0.05) is 47.4 Å². The molecule has 46 heavy (non-hydrogen) atoms. The number of ketones is 2. The minimum absolute atomic E-state index is 0.00545. The number of hydrogen-bond acceptors (Lipinski definition) is 10. The number of nitrogens with zero attached hydrogens (tertiary/aromatic N) is 3. The number of aromatic nitrogens is 3. The number of pyridine rings is 1. The van der Waals surface area contributed by atoms with Gasteiger partial charge in [0.2, 0.25) is 17.3 Å². The molecule has 1 spiro atoms. The highest BCUT2D eigenvalue weighted by Crippen LogP contribution is 2.55. The predicted octanol–water partition coefficient (Wildman–Crippen LogP) is 5.35. The van der Waals surface area contributed by atoms with Gasteiger partial charge in [-0.3, -0.25) is 18.8 Å².